The number of aliphatic hydroxyl groups is 1. The van der Waals surface area contributed by atoms with Crippen molar-refractivity contribution in [3.05, 3.63) is 11.1 Å². The van der Waals surface area contributed by atoms with Crippen molar-refractivity contribution in [3.8, 4) is 0 Å². The first-order valence-corrected chi connectivity index (χ1v) is 5.71. The Kier molecular flexibility index (Phi) is 7.04. The molecule has 0 spiro atoms. The summed E-state index contributed by atoms with van der Waals surface area (Å²) in [7, 11) is 0. The van der Waals surface area contributed by atoms with Crippen LogP contribution in [0.3, 0.4) is 0 Å². The molecule has 20 heavy (non-hydrogen) atoms. The molecule has 0 saturated carbocycles. The van der Waals surface area contributed by atoms with Crippen molar-refractivity contribution in [1.82, 2.24) is 0 Å². The van der Waals surface area contributed by atoms with Gasteiger partial charge >= 0.3 is 18.3 Å². The third-order valence-corrected chi connectivity index (χ3v) is 2.25. The summed E-state index contributed by atoms with van der Waals surface area (Å²) in [6.07, 6.45) is -9.96. The largest absolute Gasteiger partial charge is 0.462 e. The van der Waals surface area contributed by atoms with Gasteiger partial charge in [0, 0.05) is 0 Å². The maximum atomic E-state index is 12.4. The fourth-order valence-electron chi connectivity index (χ4n) is 1.35. The zero-order chi connectivity index (χ0) is 16.0. The topological polar surface area (TPSA) is 46.5 Å². The highest BCUT2D eigenvalue weighted by Crippen LogP contribution is 2.40. The second-order valence-corrected chi connectivity index (χ2v) is 3.85. The zero-order valence-electron chi connectivity index (χ0n) is 10.6. The van der Waals surface area contributed by atoms with Gasteiger partial charge in [0.25, 0.3) is 0 Å². The summed E-state index contributed by atoms with van der Waals surface area (Å²) in [5.74, 6) is -1.81. The Balaban J connectivity index is 5.24. The van der Waals surface area contributed by atoms with Crippen LogP contribution in [0.2, 0.25) is 0 Å². The van der Waals surface area contributed by atoms with Gasteiger partial charge in [0.2, 0.25) is 0 Å². The number of ether oxygens (including phenoxy) is 1. The van der Waals surface area contributed by atoms with E-state index in [2.05, 4.69) is 4.74 Å². The molecule has 0 saturated heterocycles. The molecule has 118 valence electrons. The highest BCUT2D eigenvalue weighted by molar-refractivity contribution is 5.90. The molecule has 0 aromatic carbocycles. The van der Waals surface area contributed by atoms with Crippen molar-refractivity contribution in [1.29, 1.82) is 0 Å². The fourth-order valence-corrected chi connectivity index (χ4v) is 1.35. The SMILES string of the molecule is CCCCCOC(=O)C(CO)=C(C(F)(F)F)C(F)(F)F. The molecule has 0 fully saturated rings. The Morgan fingerprint density at radius 2 is 1.55 bits per heavy atom. The van der Waals surface area contributed by atoms with Crippen molar-refractivity contribution in [2.45, 2.75) is 38.5 Å². The first-order valence-electron chi connectivity index (χ1n) is 5.71. The van der Waals surface area contributed by atoms with E-state index in [1.807, 2.05) is 6.92 Å². The van der Waals surface area contributed by atoms with Crippen molar-refractivity contribution in [2.24, 2.45) is 0 Å². The monoisotopic (exact) mass is 308 g/mol. The summed E-state index contributed by atoms with van der Waals surface area (Å²) >= 11 is 0. The van der Waals surface area contributed by atoms with Gasteiger partial charge in [-0.25, -0.2) is 4.79 Å². The molecule has 0 aliphatic rings. The second-order valence-electron chi connectivity index (χ2n) is 3.85. The van der Waals surface area contributed by atoms with E-state index >= 15 is 0 Å². The molecule has 0 aromatic heterocycles. The summed E-state index contributed by atoms with van der Waals surface area (Å²) in [6, 6.07) is 0. The van der Waals surface area contributed by atoms with Crippen molar-refractivity contribution in [2.75, 3.05) is 13.2 Å². The first kappa shape index (κ1) is 18.8. The van der Waals surface area contributed by atoms with Gasteiger partial charge in [0.15, 0.2) is 0 Å². The number of rotatable bonds is 6. The molecule has 0 rings (SSSR count). The summed E-state index contributed by atoms with van der Waals surface area (Å²) in [5.41, 5.74) is -4.87. The maximum Gasteiger partial charge on any atom is 0.421 e. The van der Waals surface area contributed by atoms with Gasteiger partial charge < -0.3 is 9.84 Å². The molecule has 0 bridgehead atoms. The molecule has 0 unspecified atom stereocenters. The van der Waals surface area contributed by atoms with Gasteiger partial charge in [0.05, 0.1) is 18.8 Å². The van der Waals surface area contributed by atoms with Crippen molar-refractivity contribution in [3.63, 3.8) is 0 Å². The van der Waals surface area contributed by atoms with E-state index in [-0.39, 0.29) is 6.61 Å². The maximum absolute atomic E-state index is 12.4. The number of carbonyl (C=O) groups is 1. The minimum atomic E-state index is -5.81. The average Bonchev–Trinajstić information content (AvgIpc) is 2.27. The van der Waals surface area contributed by atoms with Gasteiger partial charge in [0.1, 0.15) is 5.57 Å². The minimum absolute atomic E-state index is 0.306. The number of unbranched alkanes of at least 4 members (excludes halogenated alkanes) is 2. The lowest BCUT2D eigenvalue weighted by Crippen LogP contribution is -2.31. The van der Waals surface area contributed by atoms with Crippen LogP contribution >= 0.6 is 0 Å². The van der Waals surface area contributed by atoms with E-state index < -0.39 is 36.1 Å². The van der Waals surface area contributed by atoms with Crippen LogP contribution in [-0.2, 0) is 9.53 Å². The van der Waals surface area contributed by atoms with Crippen molar-refractivity contribution < 1.29 is 41.0 Å². The number of esters is 1. The lowest BCUT2D eigenvalue weighted by Gasteiger charge is -2.18. The molecule has 0 amide bonds. The highest BCUT2D eigenvalue weighted by Gasteiger charge is 2.54. The normalized spacial score (nSPS) is 12.2. The quantitative estimate of drug-likeness (QED) is 0.355. The minimum Gasteiger partial charge on any atom is -0.462 e. The number of halogens is 6. The summed E-state index contributed by atoms with van der Waals surface area (Å²) in [5, 5.41) is 8.64. The van der Waals surface area contributed by atoms with E-state index in [0.29, 0.717) is 12.8 Å². The Hall–Kier alpha value is -1.25. The number of aliphatic hydroxyl groups excluding tert-OH is 1. The number of hydrogen-bond donors (Lipinski definition) is 1. The number of carbonyl (C=O) groups excluding carboxylic acids is 1. The van der Waals surface area contributed by atoms with Crippen molar-refractivity contribution >= 4 is 5.97 Å². The first-order chi connectivity index (χ1) is 9.05. The predicted octanol–water partition coefficient (Wildman–Crippen LogP) is 3.13. The molecule has 1 N–H and O–H groups in total. The molecular formula is C11H14F6O3. The number of alkyl halides is 6. The Bertz CT molecular complexity index is 340. The van der Waals surface area contributed by atoms with E-state index in [4.69, 9.17) is 5.11 Å². The van der Waals surface area contributed by atoms with Gasteiger partial charge in [-0.3, -0.25) is 0 Å². The molecule has 0 aromatic rings. The van der Waals surface area contributed by atoms with Gasteiger partial charge in [-0.1, -0.05) is 19.8 Å². The third-order valence-electron chi connectivity index (χ3n) is 2.25. The fraction of sp³-hybridized carbons (Fsp3) is 0.727. The lowest BCUT2D eigenvalue weighted by atomic mass is 10.1. The van der Waals surface area contributed by atoms with Crippen LogP contribution in [0.5, 0.6) is 0 Å². The van der Waals surface area contributed by atoms with Crippen LogP contribution in [0.4, 0.5) is 26.3 Å². The van der Waals surface area contributed by atoms with E-state index in [1.54, 1.807) is 0 Å². The Morgan fingerprint density at radius 1 is 1.05 bits per heavy atom. The predicted molar refractivity (Wildman–Crippen MR) is 56.7 cm³/mol. The van der Waals surface area contributed by atoms with E-state index in [9.17, 15) is 31.1 Å². The summed E-state index contributed by atoms with van der Waals surface area (Å²) in [6.45, 7) is -0.202. The smallest absolute Gasteiger partial charge is 0.421 e. The Morgan fingerprint density at radius 3 is 1.90 bits per heavy atom. The Labute approximate surface area is 111 Å². The zero-order valence-corrected chi connectivity index (χ0v) is 10.6. The standard InChI is InChI=1S/C11H14F6O3/c1-2-3-4-5-20-9(19)7(6-18)8(10(12,13)14)11(15,16)17/h18H,2-6H2,1H3. The molecule has 0 radical (unpaired) electrons. The van der Waals surface area contributed by atoms with E-state index in [0.717, 1.165) is 6.42 Å². The lowest BCUT2D eigenvalue weighted by molar-refractivity contribution is -0.176. The van der Waals surface area contributed by atoms with Crippen LogP contribution in [0.15, 0.2) is 11.1 Å². The summed E-state index contributed by atoms with van der Waals surface area (Å²) in [4.78, 5) is 11.2. The molecule has 0 atom stereocenters. The number of allylic oxidation sites excluding steroid dienone is 1. The average molecular weight is 308 g/mol. The highest BCUT2D eigenvalue weighted by atomic mass is 19.4. The van der Waals surface area contributed by atoms with Gasteiger partial charge in [-0.2, -0.15) is 26.3 Å². The number of hydrogen-bond acceptors (Lipinski definition) is 3. The van der Waals surface area contributed by atoms with Crippen LogP contribution in [0, 0.1) is 0 Å². The van der Waals surface area contributed by atoms with Gasteiger partial charge in [-0.15, -0.1) is 0 Å². The second kappa shape index (κ2) is 7.51. The molecule has 0 heterocycles. The van der Waals surface area contributed by atoms with Crippen LogP contribution in [0.25, 0.3) is 0 Å². The molecule has 0 aliphatic heterocycles. The van der Waals surface area contributed by atoms with Crippen LogP contribution in [-0.4, -0.2) is 36.6 Å². The molecule has 0 aliphatic carbocycles. The van der Waals surface area contributed by atoms with Crippen LogP contribution in [0.1, 0.15) is 26.2 Å². The molecule has 3 nitrogen and oxygen atoms in total. The summed E-state index contributed by atoms with van der Waals surface area (Å²) < 4.78 is 78.5. The van der Waals surface area contributed by atoms with Gasteiger partial charge in [-0.05, 0) is 6.42 Å². The molecular weight excluding hydrogens is 294 g/mol. The van der Waals surface area contributed by atoms with Crippen LogP contribution < -0.4 is 0 Å². The third kappa shape index (κ3) is 5.81. The molecule has 9 heteroatoms. The van der Waals surface area contributed by atoms with E-state index in [1.165, 1.54) is 0 Å².